The molecule has 1 fully saturated rings. The van der Waals surface area contributed by atoms with Gasteiger partial charge in [-0.3, -0.25) is 14.9 Å². The highest BCUT2D eigenvalue weighted by atomic mass is 32.2. The molecule has 2 amide bonds. The van der Waals surface area contributed by atoms with Gasteiger partial charge in [-0.2, -0.15) is 0 Å². The summed E-state index contributed by atoms with van der Waals surface area (Å²) in [7, 11) is 2.02. The van der Waals surface area contributed by atoms with Crippen LogP contribution in [0.5, 0.6) is 5.75 Å². The smallest absolute Gasteiger partial charge is 0.290 e. The van der Waals surface area contributed by atoms with Gasteiger partial charge in [0.2, 0.25) is 0 Å². The average Bonchev–Trinajstić information content (AvgIpc) is 2.94. The summed E-state index contributed by atoms with van der Waals surface area (Å²) >= 11 is 0.913. The fourth-order valence-corrected chi connectivity index (χ4v) is 3.05. The van der Waals surface area contributed by atoms with Gasteiger partial charge in [-0.15, -0.1) is 0 Å². The van der Waals surface area contributed by atoms with E-state index in [1.165, 1.54) is 0 Å². The van der Waals surface area contributed by atoms with Crippen molar-refractivity contribution in [2.24, 2.45) is 0 Å². The number of hydrazine groups is 1. The standard InChI is InChI=1S/C18H19N3O3S/c1-20(21-9-3-2-4-10-21)11-12-24-15-7-5-14(6-8-15)13-16-17(22)19-18(23)25-16/h2-9,13H,10-12H2,1H3,(H,19,22,23). The van der Waals surface area contributed by atoms with Crippen LogP contribution in [0.1, 0.15) is 5.56 Å². The van der Waals surface area contributed by atoms with Gasteiger partial charge in [-0.05, 0) is 41.6 Å². The summed E-state index contributed by atoms with van der Waals surface area (Å²) in [5.41, 5.74) is 0.849. The first-order chi connectivity index (χ1) is 12.1. The molecule has 25 heavy (non-hydrogen) atoms. The number of nitrogens with one attached hydrogen (secondary N) is 1. The summed E-state index contributed by atoms with van der Waals surface area (Å²) in [4.78, 5) is 23.1. The van der Waals surface area contributed by atoms with Crippen molar-refractivity contribution in [2.75, 3.05) is 26.7 Å². The number of likely N-dealkylation sites (N-methyl/N-ethyl adjacent to an activating group) is 1. The van der Waals surface area contributed by atoms with Crippen molar-refractivity contribution in [2.45, 2.75) is 0 Å². The number of nitrogens with zero attached hydrogens (tertiary/aromatic N) is 2. The summed E-state index contributed by atoms with van der Waals surface area (Å²) in [6, 6.07) is 7.44. The maximum absolute atomic E-state index is 11.5. The lowest BCUT2D eigenvalue weighted by molar-refractivity contribution is -0.115. The van der Waals surface area contributed by atoms with Crippen LogP contribution in [0.3, 0.4) is 0 Å². The van der Waals surface area contributed by atoms with Gasteiger partial charge in [0.15, 0.2) is 0 Å². The molecule has 0 unspecified atom stereocenters. The highest BCUT2D eigenvalue weighted by Gasteiger charge is 2.24. The van der Waals surface area contributed by atoms with E-state index >= 15 is 0 Å². The van der Waals surface area contributed by atoms with Crippen molar-refractivity contribution >= 4 is 29.0 Å². The maximum atomic E-state index is 11.5. The van der Waals surface area contributed by atoms with E-state index in [0.29, 0.717) is 11.5 Å². The van der Waals surface area contributed by atoms with Gasteiger partial charge < -0.3 is 9.75 Å². The number of ether oxygens (including phenoxy) is 1. The minimum Gasteiger partial charge on any atom is -0.492 e. The van der Waals surface area contributed by atoms with E-state index in [4.69, 9.17) is 4.74 Å². The molecule has 2 heterocycles. The fraction of sp³-hybridized carbons (Fsp3) is 0.222. The van der Waals surface area contributed by atoms with Gasteiger partial charge in [-0.25, -0.2) is 5.01 Å². The van der Waals surface area contributed by atoms with Crippen LogP contribution in [0.15, 0.2) is 53.6 Å². The van der Waals surface area contributed by atoms with Gasteiger partial charge in [0.05, 0.1) is 18.0 Å². The number of rotatable bonds is 6. The summed E-state index contributed by atoms with van der Waals surface area (Å²) in [6.07, 6.45) is 9.86. The number of thioether (sulfide) groups is 1. The lowest BCUT2D eigenvalue weighted by atomic mass is 10.2. The number of carbonyl (C=O) groups excluding carboxylic acids is 2. The number of benzene rings is 1. The molecule has 3 rings (SSSR count). The number of imide groups is 1. The highest BCUT2D eigenvalue weighted by molar-refractivity contribution is 8.18. The third-order valence-corrected chi connectivity index (χ3v) is 4.55. The quantitative estimate of drug-likeness (QED) is 0.790. The summed E-state index contributed by atoms with van der Waals surface area (Å²) < 4.78 is 5.76. The molecule has 2 aliphatic rings. The zero-order chi connectivity index (χ0) is 17.6. The Hall–Kier alpha value is -2.51. The van der Waals surface area contributed by atoms with E-state index in [-0.39, 0.29) is 11.1 Å². The van der Waals surface area contributed by atoms with E-state index < -0.39 is 0 Å². The van der Waals surface area contributed by atoms with Crippen LogP contribution in [0.4, 0.5) is 4.79 Å². The molecular weight excluding hydrogens is 338 g/mol. The first-order valence-corrected chi connectivity index (χ1v) is 8.72. The van der Waals surface area contributed by atoms with E-state index in [0.717, 1.165) is 36.2 Å². The number of carbonyl (C=O) groups is 2. The Balaban J connectivity index is 1.49. The van der Waals surface area contributed by atoms with Crippen molar-refractivity contribution in [3.8, 4) is 5.75 Å². The third kappa shape index (κ3) is 4.74. The third-order valence-electron chi connectivity index (χ3n) is 3.74. The molecule has 1 aromatic carbocycles. The van der Waals surface area contributed by atoms with Gasteiger partial charge in [-0.1, -0.05) is 24.3 Å². The van der Waals surface area contributed by atoms with Gasteiger partial charge in [0.25, 0.3) is 11.1 Å². The van der Waals surface area contributed by atoms with Crippen LogP contribution in [0, 0.1) is 0 Å². The number of hydrogen-bond donors (Lipinski definition) is 1. The molecule has 0 spiro atoms. The normalized spacial score (nSPS) is 18.3. The number of hydrogen-bond acceptors (Lipinski definition) is 6. The highest BCUT2D eigenvalue weighted by Crippen LogP contribution is 2.26. The molecular formula is C18H19N3O3S. The Morgan fingerprint density at radius 3 is 2.72 bits per heavy atom. The van der Waals surface area contributed by atoms with E-state index in [1.807, 2.05) is 49.7 Å². The van der Waals surface area contributed by atoms with Gasteiger partial charge in [0.1, 0.15) is 12.4 Å². The zero-order valence-corrected chi connectivity index (χ0v) is 14.7. The molecule has 0 bridgehead atoms. The topological polar surface area (TPSA) is 61.9 Å². The van der Waals surface area contributed by atoms with E-state index in [1.54, 1.807) is 6.08 Å². The van der Waals surface area contributed by atoms with Crippen LogP contribution >= 0.6 is 11.8 Å². The Bertz CT molecular complexity index is 740. The van der Waals surface area contributed by atoms with Gasteiger partial charge in [0, 0.05) is 13.2 Å². The Morgan fingerprint density at radius 2 is 2.08 bits per heavy atom. The van der Waals surface area contributed by atoms with Crippen molar-refractivity contribution in [3.63, 3.8) is 0 Å². The lowest BCUT2D eigenvalue weighted by Gasteiger charge is -2.30. The summed E-state index contributed by atoms with van der Waals surface area (Å²) in [5.74, 6) is 0.421. The molecule has 1 saturated heterocycles. The molecule has 1 N–H and O–H groups in total. The first-order valence-electron chi connectivity index (χ1n) is 7.90. The first kappa shape index (κ1) is 17.3. The second-order valence-electron chi connectivity index (χ2n) is 5.54. The van der Waals surface area contributed by atoms with Crippen LogP contribution < -0.4 is 10.1 Å². The molecule has 0 aromatic heterocycles. The minimum atomic E-state index is -0.347. The Kier molecular flexibility index (Phi) is 5.57. The summed E-state index contributed by atoms with van der Waals surface area (Å²) in [6.45, 7) is 2.20. The molecule has 0 atom stereocenters. The Morgan fingerprint density at radius 1 is 1.28 bits per heavy atom. The molecule has 6 nitrogen and oxygen atoms in total. The average molecular weight is 357 g/mol. The van der Waals surface area contributed by atoms with Gasteiger partial charge >= 0.3 is 0 Å². The monoisotopic (exact) mass is 357 g/mol. The predicted octanol–water partition coefficient (Wildman–Crippen LogP) is 2.62. The minimum absolute atomic E-state index is 0.334. The molecule has 0 radical (unpaired) electrons. The second-order valence-corrected chi connectivity index (χ2v) is 6.56. The second kappa shape index (κ2) is 8.04. The zero-order valence-electron chi connectivity index (χ0n) is 13.8. The molecule has 130 valence electrons. The largest absolute Gasteiger partial charge is 0.492 e. The molecule has 0 aliphatic carbocycles. The predicted molar refractivity (Wildman–Crippen MR) is 98.7 cm³/mol. The van der Waals surface area contributed by atoms with Crippen molar-refractivity contribution < 1.29 is 14.3 Å². The van der Waals surface area contributed by atoms with Crippen molar-refractivity contribution in [3.05, 3.63) is 59.2 Å². The fourth-order valence-electron chi connectivity index (χ4n) is 2.37. The van der Waals surface area contributed by atoms with Crippen LogP contribution in [0.2, 0.25) is 0 Å². The van der Waals surface area contributed by atoms with Crippen LogP contribution in [0.25, 0.3) is 6.08 Å². The Labute approximate surface area is 150 Å². The van der Waals surface area contributed by atoms with Crippen molar-refractivity contribution in [1.29, 1.82) is 0 Å². The maximum Gasteiger partial charge on any atom is 0.290 e. The van der Waals surface area contributed by atoms with Crippen LogP contribution in [-0.2, 0) is 4.79 Å². The van der Waals surface area contributed by atoms with Crippen molar-refractivity contribution in [1.82, 2.24) is 15.3 Å². The number of amides is 2. The van der Waals surface area contributed by atoms with E-state index in [9.17, 15) is 9.59 Å². The van der Waals surface area contributed by atoms with E-state index in [2.05, 4.69) is 21.4 Å². The molecule has 0 saturated carbocycles. The molecule has 1 aromatic rings. The van der Waals surface area contributed by atoms with Crippen LogP contribution in [-0.4, -0.2) is 47.9 Å². The lowest BCUT2D eigenvalue weighted by Crippen LogP contribution is -2.39. The molecule has 2 aliphatic heterocycles. The number of allylic oxidation sites excluding steroid dienone is 2. The SMILES string of the molecule is CN(CCOc1ccc(C=C2SC(=O)NC2=O)cc1)N1C=CC=CC1. The molecule has 7 heteroatoms. The summed E-state index contributed by atoms with van der Waals surface area (Å²) in [5, 5.41) is 6.12.